The summed E-state index contributed by atoms with van der Waals surface area (Å²) in [4.78, 5) is 14.7. The molecule has 5 heteroatoms. The molecule has 0 aliphatic carbocycles. The van der Waals surface area contributed by atoms with Crippen molar-refractivity contribution in [3.63, 3.8) is 0 Å². The van der Waals surface area contributed by atoms with Crippen molar-refractivity contribution in [1.82, 2.24) is 10.2 Å². The Labute approximate surface area is 116 Å². The fourth-order valence-corrected chi connectivity index (χ4v) is 2.69. The van der Waals surface area contributed by atoms with Gasteiger partial charge in [0.05, 0.1) is 25.7 Å². The second-order valence-corrected chi connectivity index (χ2v) is 5.03. The van der Waals surface area contributed by atoms with Crippen LogP contribution in [0.3, 0.4) is 0 Å². The number of methoxy groups -OCH3 is 1. The summed E-state index contributed by atoms with van der Waals surface area (Å²) in [5.41, 5.74) is 0. The molecule has 2 atom stereocenters. The predicted molar refractivity (Wildman–Crippen MR) is 75.1 cm³/mol. The molecule has 0 aromatic rings. The van der Waals surface area contributed by atoms with Crippen molar-refractivity contribution in [3.8, 4) is 0 Å². The van der Waals surface area contributed by atoms with E-state index in [9.17, 15) is 4.79 Å². The Kier molecular flexibility index (Phi) is 7.34. The van der Waals surface area contributed by atoms with Crippen molar-refractivity contribution in [2.24, 2.45) is 5.92 Å². The highest BCUT2D eigenvalue weighted by atomic mass is 16.5. The first-order valence-electron chi connectivity index (χ1n) is 7.23. The van der Waals surface area contributed by atoms with E-state index in [1.165, 1.54) is 0 Å². The molecule has 112 valence electrons. The molecule has 1 amide bonds. The molecule has 1 heterocycles. The Balaban J connectivity index is 2.74. The van der Waals surface area contributed by atoms with Crippen molar-refractivity contribution < 1.29 is 14.3 Å². The SMILES string of the molecule is CCC(CC)N(CCOC)C(=O)C1COCC1NC. The van der Waals surface area contributed by atoms with Crippen molar-refractivity contribution in [1.29, 1.82) is 0 Å². The maximum Gasteiger partial charge on any atom is 0.230 e. The van der Waals surface area contributed by atoms with Gasteiger partial charge in [-0.25, -0.2) is 0 Å². The number of amides is 1. The molecule has 1 rings (SSSR count). The van der Waals surface area contributed by atoms with Crippen molar-refractivity contribution >= 4 is 5.91 Å². The summed E-state index contributed by atoms with van der Waals surface area (Å²) in [6, 6.07) is 0.424. The summed E-state index contributed by atoms with van der Waals surface area (Å²) in [7, 11) is 3.56. The van der Waals surface area contributed by atoms with Crippen LogP contribution < -0.4 is 5.32 Å². The van der Waals surface area contributed by atoms with Gasteiger partial charge in [0.15, 0.2) is 0 Å². The molecule has 0 saturated carbocycles. The van der Waals surface area contributed by atoms with Crippen LogP contribution in [0.4, 0.5) is 0 Å². The molecule has 0 aromatic heterocycles. The molecule has 19 heavy (non-hydrogen) atoms. The molecule has 0 aromatic carbocycles. The maximum atomic E-state index is 12.7. The lowest BCUT2D eigenvalue weighted by atomic mass is 10.00. The van der Waals surface area contributed by atoms with Crippen LogP contribution in [-0.4, -0.2) is 63.4 Å². The van der Waals surface area contributed by atoms with Crippen molar-refractivity contribution in [2.45, 2.75) is 38.8 Å². The number of hydrogen-bond acceptors (Lipinski definition) is 4. The smallest absolute Gasteiger partial charge is 0.230 e. The van der Waals surface area contributed by atoms with E-state index in [2.05, 4.69) is 19.2 Å². The third-order valence-corrected chi connectivity index (χ3v) is 3.97. The van der Waals surface area contributed by atoms with Gasteiger partial charge in [0.25, 0.3) is 0 Å². The molecule has 0 radical (unpaired) electrons. The van der Waals surface area contributed by atoms with E-state index in [1.54, 1.807) is 7.11 Å². The quantitative estimate of drug-likeness (QED) is 0.713. The number of ether oxygens (including phenoxy) is 2. The number of likely N-dealkylation sites (N-methyl/N-ethyl adjacent to an activating group) is 1. The first-order chi connectivity index (χ1) is 9.19. The number of nitrogens with zero attached hydrogens (tertiary/aromatic N) is 1. The third kappa shape index (κ3) is 4.16. The van der Waals surface area contributed by atoms with Gasteiger partial charge in [-0.3, -0.25) is 4.79 Å². The molecule has 1 saturated heterocycles. The zero-order valence-corrected chi connectivity index (χ0v) is 12.6. The van der Waals surface area contributed by atoms with Gasteiger partial charge < -0.3 is 19.7 Å². The van der Waals surface area contributed by atoms with E-state index in [0.717, 1.165) is 12.8 Å². The van der Waals surface area contributed by atoms with Gasteiger partial charge in [-0.15, -0.1) is 0 Å². The van der Waals surface area contributed by atoms with Crippen LogP contribution in [0.1, 0.15) is 26.7 Å². The molecule has 1 aliphatic rings. The monoisotopic (exact) mass is 272 g/mol. The lowest BCUT2D eigenvalue weighted by molar-refractivity contribution is -0.139. The summed E-state index contributed by atoms with van der Waals surface area (Å²) in [5.74, 6) is 0.130. The molecule has 2 unspecified atom stereocenters. The Bertz CT molecular complexity index is 269. The Hall–Kier alpha value is -0.650. The number of rotatable bonds is 8. The van der Waals surface area contributed by atoms with E-state index in [-0.39, 0.29) is 17.9 Å². The van der Waals surface area contributed by atoms with Gasteiger partial charge in [-0.2, -0.15) is 0 Å². The molecule has 1 aliphatic heterocycles. The number of nitrogens with one attached hydrogen (secondary N) is 1. The van der Waals surface area contributed by atoms with Gasteiger partial charge in [-0.05, 0) is 19.9 Å². The highest BCUT2D eigenvalue weighted by Crippen LogP contribution is 2.20. The summed E-state index contributed by atoms with van der Waals surface area (Å²) >= 11 is 0. The van der Waals surface area contributed by atoms with Gasteiger partial charge in [0.1, 0.15) is 0 Å². The summed E-state index contributed by atoms with van der Waals surface area (Å²) < 4.78 is 10.6. The van der Waals surface area contributed by atoms with E-state index >= 15 is 0 Å². The summed E-state index contributed by atoms with van der Waals surface area (Å²) in [5, 5.41) is 3.18. The van der Waals surface area contributed by atoms with Crippen LogP contribution in [0.25, 0.3) is 0 Å². The van der Waals surface area contributed by atoms with Crippen molar-refractivity contribution in [2.75, 3.05) is 40.5 Å². The lowest BCUT2D eigenvalue weighted by Gasteiger charge is -2.33. The Morgan fingerprint density at radius 2 is 2.11 bits per heavy atom. The first-order valence-corrected chi connectivity index (χ1v) is 7.23. The largest absolute Gasteiger partial charge is 0.383 e. The van der Waals surface area contributed by atoms with Gasteiger partial charge in [0, 0.05) is 25.7 Å². The van der Waals surface area contributed by atoms with E-state index in [0.29, 0.717) is 32.4 Å². The topological polar surface area (TPSA) is 50.8 Å². The minimum Gasteiger partial charge on any atom is -0.383 e. The molecule has 0 spiro atoms. The molecule has 1 N–H and O–H groups in total. The average molecular weight is 272 g/mol. The third-order valence-electron chi connectivity index (χ3n) is 3.97. The van der Waals surface area contributed by atoms with Gasteiger partial charge >= 0.3 is 0 Å². The summed E-state index contributed by atoms with van der Waals surface area (Å²) in [6.07, 6.45) is 1.95. The Morgan fingerprint density at radius 3 is 2.63 bits per heavy atom. The van der Waals surface area contributed by atoms with Crippen LogP contribution in [0.15, 0.2) is 0 Å². The molecular formula is C14H28N2O3. The van der Waals surface area contributed by atoms with E-state index in [4.69, 9.17) is 9.47 Å². The van der Waals surface area contributed by atoms with Gasteiger partial charge in [-0.1, -0.05) is 13.8 Å². The standard InChI is InChI=1S/C14H28N2O3/c1-5-11(6-2)16(7-8-18-4)14(17)12-9-19-10-13(12)15-3/h11-13,15H,5-10H2,1-4H3. The van der Waals surface area contributed by atoms with E-state index in [1.807, 2.05) is 11.9 Å². The lowest BCUT2D eigenvalue weighted by Crippen LogP contribution is -2.49. The average Bonchev–Trinajstić information content (AvgIpc) is 2.91. The van der Waals surface area contributed by atoms with E-state index < -0.39 is 0 Å². The predicted octanol–water partition coefficient (Wildman–Crippen LogP) is 0.884. The normalized spacial score (nSPS) is 23.0. The number of hydrogen-bond donors (Lipinski definition) is 1. The zero-order valence-electron chi connectivity index (χ0n) is 12.6. The fourth-order valence-electron chi connectivity index (χ4n) is 2.69. The second-order valence-electron chi connectivity index (χ2n) is 5.03. The van der Waals surface area contributed by atoms with Crippen LogP contribution >= 0.6 is 0 Å². The van der Waals surface area contributed by atoms with Crippen LogP contribution in [-0.2, 0) is 14.3 Å². The van der Waals surface area contributed by atoms with Crippen LogP contribution in [0, 0.1) is 5.92 Å². The van der Waals surface area contributed by atoms with Crippen LogP contribution in [0.5, 0.6) is 0 Å². The van der Waals surface area contributed by atoms with Crippen molar-refractivity contribution in [3.05, 3.63) is 0 Å². The molecule has 5 nitrogen and oxygen atoms in total. The number of carbonyl (C=O) groups excluding carboxylic acids is 1. The fraction of sp³-hybridized carbons (Fsp3) is 0.929. The molecule has 0 bridgehead atoms. The minimum atomic E-state index is -0.0672. The highest BCUT2D eigenvalue weighted by molar-refractivity contribution is 5.80. The second kappa shape index (κ2) is 8.51. The Morgan fingerprint density at radius 1 is 1.42 bits per heavy atom. The number of carbonyl (C=O) groups is 1. The maximum absolute atomic E-state index is 12.7. The van der Waals surface area contributed by atoms with Gasteiger partial charge in [0.2, 0.25) is 5.91 Å². The zero-order chi connectivity index (χ0) is 14.3. The first kappa shape index (κ1) is 16.4. The van der Waals surface area contributed by atoms with Crippen LogP contribution in [0.2, 0.25) is 0 Å². The minimum absolute atomic E-state index is 0.0672. The summed E-state index contributed by atoms with van der Waals surface area (Å²) in [6.45, 7) is 6.64. The highest BCUT2D eigenvalue weighted by Gasteiger charge is 2.37. The molecular weight excluding hydrogens is 244 g/mol. The molecule has 1 fully saturated rings.